The molecule has 1 amide bonds. The Morgan fingerprint density at radius 3 is 2.48 bits per heavy atom. The summed E-state index contributed by atoms with van der Waals surface area (Å²) in [5.41, 5.74) is 1.41. The van der Waals surface area contributed by atoms with Gasteiger partial charge in [0.1, 0.15) is 10.0 Å². The molecular weight excluding hydrogens is 650 g/mol. The SMILES string of the molecule is CCOc1nc(Cl)ccc1C1(N2CCN(c3ccncc3)CC2)C(=O)N(S(=O)(=O)c2cccc3c(C)ccnc23)c2ccc(C#N)cc21. The number of aromatic nitrogens is 3. The number of hydrogen-bond acceptors (Lipinski definition) is 10. The second-order valence-corrected chi connectivity index (χ2v) is 13.7. The third-order valence-corrected chi connectivity index (χ3v) is 10.9. The molecule has 0 aliphatic carbocycles. The van der Waals surface area contributed by atoms with E-state index in [4.69, 9.17) is 16.3 Å². The molecule has 0 spiro atoms. The van der Waals surface area contributed by atoms with Crippen molar-refractivity contribution in [2.45, 2.75) is 24.3 Å². The van der Waals surface area contributed by atoms with Crippen molar-refractivity contribution in [1.29, 1.82) is 5.26 Å². The number of anilines is 2. The maximum absolute atomic E-state index is 15.5. The van der Waals surface area contributed by atoms with E-state index in [1.165, 1.54) is 18.2 Å². The number of benzene rings is 2. The van der Waals surface area contributed by atoms with Gasteiger partial charge in [-0.05, 0) is 74.0 Å². The van der Waals surface area contributed by atoms with Crippen LogP contribution >= 0.6 is 11.6 Å². The maximum atomic E-state index is 15.5. The number of piperazine rings is 1. The van der Waals surface area contributed by atoms with Gasteiger partial charge in [0, 0.05) is 67.0 Å². The summed E-state index contributed by atoms with van der Waals surface area (Å²) >= 11 is 6.35. The van der Waals surface area contributed by atoms with Crippen molar-refractivity contribution in [1.82, 2.24) is 19.9 Å². The summed E-state index contributed by atoms with van der Waals surface area (Å²) in [6.45, 7) is 5.65. The first-order chi connectivity index (χ1) is 23.2. The highest BCUT2D eigenvalue weighted by atomic mass is 35.5. The fourth-order valence-corrected chi connectivity index (χ4v) is 8.57. The normalized spacial score (nSPS) is 18.2. The largest absolute Gasteiger partial charge is 0.478 e. The molecule has 2 aliphatic heterocycles. The molecule has 242 valence electrons. The van der Waals surface area contributed by atoms with Crippen LogP contribution in [0.1, 0.15) is 29.2 Å². The van der Waals surface area contributed by atoms with E-state index in [0.29, 0.717) is 42.7 Å². The van der Waals surface area contributed by atoms with Gasteiger partial charge >= 0.3 is 0 Å². The fraction of sp³-hybridized carbons (Fsp3) is 0.229. The Balaban J connectivity index is 1.47. The van der Waals surface area contributed by atoms with Crippen LogP contribution in [0.4, 0.5) is 11.4 Å². The molecule has 0 saturated carbocycles. The molecule has 11 nitrogen and oxygen atoms in total. The first-order valence-electron chi connectivity index (χ1n) is 15.4. The molecule has 1 atom stereocenters. The summed E-state index contributed by atoms with van der Waals surface area (Å²) in [7, 11) is -4.56. The van der Waals surface area contributed by atoms with E-state index in [2.05, 4.69) is 25.9 Å². The topological polar surface area (TPSA) is 133 Å². The number of nitriles is 1. The van der Waals surface area contributed by atoms with Crippen LogP contribution in [0.2, 0.25) is 5.15 Å². The highest BCUT2D eigenvalue weighted by Crippen LogP contribution is 2.53. The minimum atomic E-state index is -4.56. The van der Waals surface area contributed by atoms with Crippen molar-refractivity contribution in [3.63, 3.8) is 0 Å². The number of aryl methyl sites for hydroxylation is 1. The van der Waals surface area contributed by atoms with E-state index in [9.17, 15) is 13.7 Å². The van der Waals surface area contributed by atoms with E-state index < -0.39 is 21.5 Å². The van der Waals surface area contributed by atoms with Crippen LogP contribution in [-0.4, -0.2) is 67.0 Å². The zero-order valence-corrected chi connectivity index (χ0v) is 27.7. The molecule has 0 bridgehead atoms. The third kappa shape index (κ3) is 4.85. The first-order valence-corrected chi connectivity index (χ1v) is 17.2. The molecular formula is C35H30ClN7O4S. The summed E-state index contributed by atoms with van der Waals surface area (Å²) in [6, 6.07) is 20.6. The number of amides is 1. The van der Waals surface area contributed by atoms with E-state index >= 15 is 4.79 Å². The van der Waals surface area contributed by atoms with Gasteiger partial charge in [-0.15, -0.1) is 0 Å². The lowest BCUT2D eigenvalue weighted by Gasteiger charge is -2.45. The second-order valence-electron chi connectivity index (χ2n) is 11.5. The molecule has 5 aromatic rings. The molecule has 48 heavy (non-hydrogen) atoms. The van der Waals surface area contributed by atoms with Gasteiger partial charge in [-0.2, -0.15) is 5.26 Å². The highest BCUT2D eigenvalue weighted by molar-refractivity contribution is 7.93. The molecule has 13 heteroatoms. The average Bonchev–Trinajstić information content (AvgIpc) is 3.37. The number of ether oxygens (including phenoxy) is 1. The van der Waals surface area contributed by atoms with E-state index in [1.807, 2.05) is 24.0 Å². The molecule has 1 fully saturated rings. The number of hydrogen-bond donors (Lipinski definition) is 0. The number of pyridine rings is 3. The van der Waals surface area contributed by atoms with Crippen molar-refractivity contribution < 1.29 is 17.9 Å². The molecule has 2 aromatic carbocycles. The van der Waals surface area contributed by atoms with Crippen molar-refractivity contribution >= 4 is 49.8 Å². The fourth-order valence-electron chi connectivity index (χ4n) is 6.81. The van der Waals surface area contributed by atoms with Gasteiger partial charge < -0.3 is 9.64 Å². The Kier molecular flexibility index (Phi) is 7.99. The number of para-hydroxylation sites is 1. The lowest BCUT2D eigenvalue weighted by Crippen LogP contribution is -2.60. The summed E-state index contributed by atoms with van der Waals surface area (Å²) < 4.78 is 36.6. The standard InChI is InChI=1S/C35H30ClN7O4S/c1-3-47-33-27(8-10-31(36)40-33)35(42-19-17-41(18-20-42)25-12-14-38-15-13-25)28-21-24(22-37)7-9-29(28)43(34(35)44)48(45,46)30-6-4-5-26-23(2)11-16-39-32(26)30/h4-16,21H,3,17-20H2,1-2H3. The minimum Gasteiger partial charge on any atom is -0.478 e. The van der Waals surface area contributed by atoms with Crippen molar-refractivity contribution in [3.05, 3.63) is 113 Å². The lowest BCUT2D eigenvalue weighted by atomic mass is 9.81. The Hall–Kier alpha value is -5.09. The van der Waals surface area contributed by atoms with Crippen molar-refractivity contribution in [2.75, 3.05) is 42.0 Å². The minimum absolute atomic E-state index is 0.102. The van der Waals surface area contributed by atoms with Crippen LogP contribution in [0.25, 0.3) is 10.9 Å². The second kappa shape index (κ2) is 12.2. The van der Waals surface area contributed by atoms with Crippen LogP contribution in [-0.2, 0) is 20.4 Å². The highest BCUT2D eigenvalue weighted by Gasteiger charge is 2.61. The Morgan fingerprint density at radius 2 is 1.75 bits per heavy atom. The predicted octanol–water partition coefficient (Wildman–Crippen LogP) is 5.06. The smallest absolute Gasteiger partial charge is 0.273 e. The predicted molar refractivity (Wildman–Crippen MR) is 182 cm³/mol. The van der Waals surface area contributed by atoms with Gasteiger partial charge in [0.2, 0.25) is 5.88 Å². The van der Waals surface area contributed by atoms with Crippen LogP contribution in [0.3, 0.4) is 0 Å². The number of sulfonamides is 1. The summed E-state index contributed by atoms with van der Waals surface area (Å²) in [4.78, 5) is 32.5. The van der Waals surface area contributed by atoms with Crippen LogP contribution < -0.4 is 13.9 Å². The van der Waals surface area contributed by atoms with E-state index in [1.54, 1.807) is 61.9 Å². The Labute approximate surface area is 283 Å². The molecule has 0 radical (unpaired) electrons. The lowest BCUT2D eigenvalue weighted by molar-refractivity contribution is -0.127. The molecule has 3 aromatic heterocycles. The van der Waals surface area contributed by atoms with E-state index in [-0.39, 0.29) is 39.3 Å². The number of carbonyl (C=O) groups is 1. The molecule has 1 saturated heterocycles. The first kappa shape index (κ1) is 31.5. The quantitative estimate of drug-likeness (QED) is 0.215. The Morgan fingerprint density at radius 1 is 0.979 bits per heavy atom. The van der Waals surface area contributed by atoms with Gasteiger partial charge in [-0.3, -0.25) is 19.7 Å². The number of fused-ring (bicyclic) bond motifs is 2. The zero-order chi connectivity index (χ0) is 33.6. The number of halogens is 1. The molecule has 7 rings (SSSR count). The summed E-state index contributed by atoms with van der Waals surface area (Å²) in [5, 5.41) is 10.8. The van der Waals surface area contributed by atoms with Crippen molar-refractivity contribution in [3.8, 4) is 11.9 Å². The number of nitrogens with zero attached hydrogens (tertiary/aromatic N) is 7. The molecule has 5 heterocycles. The molecule has 1 unspecified atom stereocenters. The zero-order valence-electron chi connectivity index (χ0n) is 26.2. The summed E-state index contributed by atoms with van der Waals surface area (Å²) in [5.74, 6) is -0.635. The van der Waals surface area contributed by atoms with Crippen molar-refractivity contribution in [2.24, 2.45) is 0 Å². The molecule has 2 aliphatic rings. The van der Waals surface area contributed by atoms with Gasteiger partial charge in [0.25, 0.3) is 15.9 Å². The van der Waals surface area contributed by atoms with Crippen LogP contribution in [0.5, 0.6) is 5.88 Å². The van der Waals surface area contributed by atoms with E-state index in [0.717, 1.165) is 15.6 Å². The molecule has 0 N–H and O–H groups in total. The van der Waals surface area contributed by atoms with Gasteiger partial charge in [0.15, 0.2) is 5.54 Å². The van der Waals surface area contributed by atoms with Gasteiger partial charge in [-0.1, -0.05) is 23.7 Å². The monoisotopic (exact) mass is 679 g/mol. The summed E-state index contributed by atoms with van der Waals surface area (Å²) in [6.07, 6.45) is 5.00. The van der Waals surface area contributed by atoms with Crippen LogP contribution in [0, 0.1) is 18.3 Å². The van der Waals surface area contributed by atoms with Gasteiger partial charge in [-0.25, -0.2) is 17.7 Å². The Bertz CT molecular complexity index is 2220. The third-order valence-electron chi connectivity index (χ3n) is 8.98. The van der Waals surface area contributed by atoms with Gasteiger partial charge in [0.05, 0.1) is 29.4 Å². The number of rotatable bonds is 7. The number of carbonyl (C=O) groups excluding carboxylic acids is 1. The average molecular weight is 680 g/mol. The maximum Gasteiger partial charge on any atom is 0.273 e. The van der Waals surface area contributed by atoms with Crippen LogP contribution in [0.15, 0.2) is 90.2 Å².